The molecule has 0 aliphatic heterocycles. The molecule has 29 heavy (non-hydrogen) atoms. The van der Waals surface area contributed by atoms with E-state index in [4.69, 9.17) is 9.47 Å². The maximum absolute atomic E-state index is 5.73. The van der Waals surface area contributed by atoms with Gasteiger partial charge in [-0.1, -0.05) is 30.3 Å². The largest absolute Gasteiger partial charge is 0.496 e. The molecule has 2 nitrogen and oxygen atoms in total. The van der Waals surface area contributed by atoms with Gasteiger partial charge in [0.15, 0.2) is 0 Å². The summed E-state index contributed by atoms with van der Waals surface area (Å²) in [5, 5.41) is 1.33. The lowest BCUT2D eigenvalue weighted by molar-refractivity contribution is 0.397. The topological polar surface area (TPSA) is 18.5 Å². The number of methoxy groups -OCH3 is 2. The lowest BCUT2D eigenvalue weighted by atomic mass is 10.0. The van der Waals surface area contributed by atoms with E-state index in [-0.39, 0.29) is 0 Å². The molecule has 148 valence electrons. The number of hydrogen-bond donors (Lipinski definition) is 0. The summed E-state index contributed by atoms with van der Waals surface area (Å²) in [6.45, 7) is 4.35. The lowest BCUT2D eigenvalue weighted by Crippen LogP contribution is -2.19. The summed E-state index contributed by atoms with van der Waals surface area (Å²) in [7, 11) is 2.78. The van der Waals surface area contributed by atoms with Gasteiger partial charge in [0.25, 0.3) is 0 Å². The third-order valence-electron chi connectivity index (χ3n) is 4.74. The van der Waals surface area contributed by atoms with Crippen LogP contribution in [0.25, 0.3) is 11.1 Å². The molecule has 0 fully saturated rings. The first kappa shape index (κ1) is 20.2. The normalized spacial score (nSPS) is 11.1. The molecule has 0 saturated heterocycles. The van der Waals surface area contributed by atoms with Crippen molar-refractivity contribution < 1.29 is 9.47 Å². The number of aryl methyl sites for hydroxylation is 2. The molecule has 2 aromatic heterocycles. The molecule has 0 spiro atoms. The highest BCUT2D eigenvalue weighted by atomic mass is 32.1. The fraction of sp³-hybridized carbons (Fsp3) is 0.167. The van der Waals surface area contributed by atoms with Gasteiger partial charge in [-0.15, -0.1) is 22.7 Å². The zero-order valence-electron chi connectivity index (χ0n) is 16.9. The first-order chi connectivity index (χ1) is 14.1. The molecular weight excluding hydrogens is 415 g/mol. The molecule has 0 unspecified atom stereocenters. The Morgan fingerprint density at radius 2 is 1.21 bits per heavy atom. The summed E-state index contributed by atoms with van der Waals surface area (Å²) in [5.74, 6) is 1.66. The summed E-state index contributed by atoms with van der Waals surface area (Å²) < 4.78 is 14.3. The van der Waals surface area contributed by atoms with E-state index < -0.39 is 7.92 Å². The number of rotatable bonds is 6. The van der Waals surface area contributed by atoms with Crippen molar-refractivity contribution in [2.24, 2.45) is 0 Å². The summed E-state index contributed by atoms with van der Waals surface area (Å²) >= 11 is 3.78. The highest BCUT2D eigenvalue weighted by molar-refractivity contribution is 7.87. The predicted molar refractivity (Wildman–Crippen MR) is 129 cm³/mol. The zero-order chi connectivity index (χ0) is 20.4. The van der Waals surface area contributed by atoms with Gasteiger partial charge in [-0.2, -0.15) is 0 Å². The van der Waals surface area contributed by atoms with Crippen LogP contribution in [0.5, 0.6) is 11.5 Å². The van der Waals surface area contributed by atoms with Crippen LogP contribution >= 0.6 is 30.6 Å². The predicted octanol–water partition coefficient (Wildman–Crippen LogP) is 5.87. The van der Waals surface area contributed by atoms with Crippen molar-refractivity contribution in [1.82, 2.24) is 0 Å². The quantitative estimate of drug-likeness (QED) is 0.351. The van der Waals surface area contributed by atoms with E-state index in [2.05, 4.69) is 62.4 Å². The van der Waals surface area contributed by atoms with Gasteiger partial charge in [-0.25, -0.2) is 0 Å². The van der Waals surface area contributed by atoms with E-state index >= 15 is 0 Å². The summed E-state index contributed by atoms with van der Waals surface area (Å²) in [6.07, 6.45) is 0. The van der Waals surface area contributed by atoms with Crippen molar-refractivity contribution in [2.45, 2.75) is 13.8 Å². The summed E-state index contributed by atoms with van der Waals surface area (Å²) in [6, 6.07) is 23.7. The fourth-order valence-corrected chi connectivity index (χ4v) is 9.38. The molecule has 0 radical (unpaired) electrons. The second-order valence-corrected chi connectivity index (χ2v) is 12.0. The van der Waals surface area contributed by atoms with Crippen LogP contribution in [0.2, 0.25) is 0 Å². The molecular formula is C24H23O2PS2. The van der Waals surface area contributed by atoms with Gasteiger partial charge in [-0.3, -0.25) is 0 Å². The lowest BCUT2D eigenvalue weighted by Gasteiger charge is -2.21. The Balaban J connectivity index is 1.98. The Morgan fingerprint density at radius 3 is 1.69 bits per heavy atom. The van der Waals surface area contributed by atoms with Crippen LogP contribution in [0, 0.1) is 13.8 Å². The number of thiophene rings is 2. The van der Waals surface area contributed by atoms with Crippen LogP contribution in [0.15, 0.2) is 66.7 Å². The molecule has 0 atom stereocenters. The molecule has 5 heteroatoms. The van der Waals surface area contributed by atoms with Crippen molar-refractivity contribution in [2.75, 3.05) is 14.2 Å². The minimum Gasteiger partial charge on any atom is -0.496 e. The van der Waals surface area contributed by atoms with Gasteiger partial charge in [-0.05, 0) is 61.1 Å². The Bertz CT molecular complexity index is 1070. The highest BCUT2D eigenvalue weighted by Crippen LogP contribution is 2.45. The van der Waals surface area contributed by atoms with Crippen molar-refractivity contribution in [3.05, 3.63) is 76.5 Å². The number of benzene rings is 2. The Hall–Kier alpha value is -2.13. The van der Waals surface area contributed by atoms with Crippen LogP contribution in [0.3, 0.4) is 0 Å². The van der Waals surface area contributed by atoms with Gasteiger partial charge in [0, 0.05) is 26.9 Å². The number of hydrogen-bond acceptors (Lipinski definition) is 4. The third-order valence-corrected chi connectivity index (χ3v) is 10.0. The second kappa shape index (κ2) is 8.71. The monoisotopic (exact) mass is 438 g/mol. The van der Waals surface area contributed by atoms with E-state index in [0.29, 0.717) is 0 Å². The minimum absolute atomic E-state index is 0.658. The fourth-order valence-electron chi connectivity index (χ4n) is 3.43. The highest BCUT2D eigenvalue weighted by Gasteiger charge is 2.25. The maximum atomic E-state index is 5.73. The summed E-state index contributed by atoms with van der Waals surface area (Å²) in [4.78, 5) is 2.68. The van der Waals surface area contributed by atoms with Crippen LogP contribution in [-0.2, 0) is 0 Å². The maximum Gasteiger partial charge on any atom is 0.130 e. The Morgan fingerprint density at radius 1 is 0.655 bits per heavy atom. The second-order valence-electron chi connectivity index (χ2n) is 6.66. The van der Waals surface area contributed by atoms with Crippen molar-refractivity contribution in [3.8, 4) is 22.6 Å². The molecule has 0 aliphatic rings. The minimum atomic E-state index is -0.658. The molecule has 0 saturated carbocycles. The van der Waals surface area contributed by atoms with E-state index in [1.165, 1.54) is 29.9 Å². The van der Waals surface area contributed by atoms with Crippen LogP contribution in [0.4, 0.5) is 0 Å². The van der Waals surface area contributed by atoms with E-state index in [9.17, 15) is 0 Å². The van der Waals surface area contributed by atoms with Gasteiger partial charge < -0.3 is 9.47 Å². The molecule has 2 heterocycles. The smallest absolute Gasteiger partial charge is 0.130 e. The van der Waals surface area contributed by atoms with E-state index in [0.717, 1.165) is 17.1 Å². The standard InChI is InChI=1S/C24H23O2PS2/c1-16-12-14-22(28-16)27(23-15-13-17(2)29-23)21-11-6-5-8-18(21)24-19(25-3)9-7-10-20(24)26-4/h5-15H,1-4H3. The van der Waals surface area contributed by atoms with Crippen molar-refractivity contribution in [1.29, 1.82) is 0 Å². The average Bonchev–Trinajstić information content (AvgIpc) is 3.36. The average molecular weight is 439 g/mol. The van der Waals surface area contributed by atoms with Gasteiger partial charge >= 0.3 is 0 Å². The molecule has 0 aliphatic carbocycles. The van der Waals surface area contributed by atoms with Crippen LogP contribution in [0.1, 0.15) is 9.75 Å². The first-order valence-corrected chi connectivity index (χ1v) is 12.3. The summed E-state index contributed by atoms with van der Waals surface area (Å²) in [5.41, 5.74) is 2.19. The Labute approximate surface area is 181 Å². The SMILES string of the molecule is COc1cccc(OC)c1-c1ccccc1P(c1ccc(C)s1)c1ccc(C)s1. The van der Waals surface area contributed by atoms with Crippen LogP contribution in [-0.4, -0.2) is 14.2 Å². The molecule has 0 bridgehead atoms. The van der Waals surface area contributed by atoms with Crippen LogP contribution < -0.4 is 24.0 Å². The van der Waals surface area contributed by atoms with E-state index in [1.807, 2.05) is 40.9 Å². The molecule has 0 amide bonds. The van der Waals surface area contributed by atoms with Gasteiger partial charge in [0.05, 0.1) is 19.8 Å². The first-order valence-electron chi connectivity index (χ1n) is 9.35. The third kappa shape index (κ3) is 3.98. The Kier molecular flexibility index (Phi) is 6.05. The molecule has 4 rings (SSSR count). The number of ether oxygens (including phenoxy) is 2. The van der Waals surface area contributed by atoms with Crippen molar-refractivity contribution in [3.63, 3.8) is 0 Å². The molecule has 2 aromatic carbocycles. The molecule has 4 aromatic rings. The molecule has 0 N–H and O–H groups in total. The van der Waals surface area contributed by atoms with Gasteiger partial charge in [0.2, 0.25) is 0 Å². The zero-order valence-corrected chi connectivity index (χ0v) is 19.5. The van der Waals surface area contributed by atoms with E-state index in [1.54, 1.807) is 14.2 Å². The van der Waals surface area contributed by atoms with Gasteiger partial charge in [0.1, 0.15) is 11.5 Å². The van der Waals surface area contributed by atoms with Crippen molar-refractivity contribution >= 4 is 45.1 Å².